The Morgan fingerprint density at radius 3 is 2.67 bits per heavy atom. The van der Waals surface area contributed by atoms with Crippen LogP contribution in [0.2, 0.25) is 10.3 Å². The first-order valence-corrected chi connectivity index (χ1v) is 9.10. The summed E-state index contributed by atoms with van der Waals surface area (Å²) >= 11 is 13.1. The van der Waals surface area contributed by atoms with Gasteiger partial charge in [0.05, 0.1) is 6.54 Å². The fourth-order valence-electron chi connectivity index (χ4n) is 3.32. The fourth-order valence-corrected chi connectivity index (χ4v) is 3.86. The van der Waals surface area contributed by atoms with Crippen molar-refractivity contribution in [1.82, 2.24) is 4.57 Å². The predicted octanol–water partition coefficient (Wildman–Crippen LogP) is 2.26. The number of unbranched alkanes of at least 4 members (excludes halogenated alkanes) is 1. The highest BCUT2D eigenvalue weighted by Crippen LogP contribution is 2.37. The second-order valence-electron chi connectivity index (χ2n) is 6.28. The van der Waals surface area contributed by atoms with Crippen LogP contribution in [0.4, 0.5) is 0 Å². The molecule has 1 aliphatic rings. The third kappa shape index (κ3) is 3.44. The number of aryl methyl sites for hydroxylation is 1. The molecule has 0 radical (unpaired) electrons. The van der Waals surface area contributed by atoms with E-state index in [-0.39, 0.29) is 22.5 Å². The molecule has 1 aromatic heterocycles. The van der Waals surface area contributed by atoms with Gasteiger partial charge in [-0.25, -0.2) is 9.13 Å². The van der Waals surface area contributed by atoms with Gasteiger partial charge in [-0.1, -0.05) is 50.6 Å². The van der Waals surface area contributed by atoms with Gasteiger partial charge in [-0.3, -0.25) is 0 Å². The number of benzene rings is 1. The quantitative estimate of drug-likeness (QED) is 0.644. The maximum Gasteiger partial charge on any atom is 0.255 e. The minimum absolute atomic E-state index is 0. The molecule has 1 heterocycles. The van der Waals surface area contributed by atoms with Crippen molar-refractivity contribution in [2.75, 3.05) is 0 Å². The van der Waals surface area contributed by atoms with Crippen LogP contribution in [0, 0.1) is 0 Å². The van der Waals surface area contributed by atoms with Crippen LogP contribution in [0.5, 0.6) is 0 Å². The molecular weight excluding hydrogens is 407 g/mol. The molecule has 130 valence electrons. The number of imidazole rings is 1. The Kier molecular flexibility index (Phi) is 6.58. The average Bonchev–Trinajstić information content (AvgIpc) is 2.88. The number of halogens is 3. The van der Waals surface area contributed by atoms with Crippen molar-refractivity contribution in [3.63, 3.8) is 0 Å². The Hall–Kier alpha value is -0.770. The molecule has 0 fully saturated rings. The van der Waals surface area contributed by atoms with Crippen LogP contribution in [0.1, 0.15) is 44.2 Å². The summed E-state index contributed by atoms with van der Waals surface area (Å²) in [7, 11) is 0. The molecular formula is C19H23BrCl2N2. The molecule has 0 N–H and O–H groups in total. The van der Waals surface area contributed by atoms with Crippen LogP contribution in [-0.4, -0.2) is 4.57 Å². The smallest absolute Gasteiger partial charge is 0.255 e. The van der Waals surface area contributed by atoms with Gasteiger partial charge in [0.1, 0.15) is 5.54 Å². The largest absolute Gasteiger partial charge is 1.00 e. The second-order valence-corrected chi connectivity index (χ2v) is 7.00. The van der Waals surface area contributed by atoms with Crippen molar-refractivity contribution < 1.29 is 21.5 Å². The molecule has 1 atom stereocenters. The van der Waals surface area contributed by atoms with E-state index in [4.69, 9.17) is 23.2 Å². The number of aromatic nitrogens is 2. The lowest BCUT2D eigenvalue weighted by atomic mass is 9.81. The number of allylic oxidation sites excluding steroid dienone is 1. The first-order valence-electron chi connectivity index (χ1n) is 8.34. The van der Waals surface area contributed by atoms with Gasteiger partial charge in [-0.15, -0.1) is 0 Å². The molecule has 1 aromatic carbocycles. The molecule has 1 unspecified atom stereocenters. The first-order chi connectivity index (χ1) is 11.1. The monoisotopic (exact) mass is 428 g/mol. The normalized spacial score (nSPS) is 19.0. The van der Waals surface area contributed by atoms with E-state index in [0.29, 0.717) is 10.3 Å². The number of rotatable bonds is 5. The van der Waals surface area contributed by atoms with E-state index >= 15 is 0 Å². The summed E-state index contributed by atoms with van der Waals surface area (Å²) in [4.78, 5) is 0. The molecule has 0 spiro atoms. The van der Waals surface area contributed by atoms with Crippen molar-refractivity contribution >= 4 is 29.3 Å². The Labute approximate surface area is 164 Å². The topological polar surface area (TPSA) is 8.81 Å². The van der Waals surface area contributed by atoms with Gasteiger partial charge in [0.2, 0.25) is 6.33 Å². The standard InChI is InChI=1S/C19H23Cl2N2.BrH/c1-3-5-12-22-14-23(18(21)17(22)20)19(4-2)11-10-15-8-6-7-9-16(15)13-19;/h6-11,14H,3-5,12-13H2,1-2H3;1H/q+1;/p-1. The predicted molar refractivity (Wildman–Crippen MR) is 97.0 cm³/mol. The molecule has 2 aromatic rings. The average molecular weight is 430 g/mol. The van der Waals surface area contributed by atoms with E-state index < -0.39 is 0 Å². The van der Waals surface area contributed by atoms with Crippen molar-refractivity contribution in [3.05, 3.63) is 58.1 Å². The van der Waals surface area contributed by atoms with Crippen LogP contribution in [0.25, 0.3) is 6.08 Å². The zero-order chi connectivity index (χ0) is 16.4. The second kappa shape index (κ2) is 8.07. The van der Waals surface area contributed by atoms with Crippen molar-refractivity contribution in [3.8, 4) is 0 Å². The Bertz CT molecular complexity index is 739. The lowest BCUT2D eigenvalue weighted by Crippen LogP contribution is -3.00. The Morgan fingerprint density at radius 1 is 1.21 bits per heavy atom. The van der Waals surface area contributed by atoms with E-state index in [1.54, 1.807) is 0 Å². The number of hydrogen-bond acceptors (Lipinski definition) is 0. The lowest BCUT2D eigenvalue weighted by Gasteiger charge is -2.30. The van der Waals surface area contributed by atoms with Gasteiger partial charge in [0, 0.05) is 6.42 Å². The minimum atomic E-state index is -0.146. The van der Waals surface area contributed by atoms with E-state index in [0.717, 1.165) is 32.2 Å². The Balaban J connectivity index is 0.00000208. The van der Waals surface area contributed by atoms with E-state index in [1.807, 2.05) is 0 Å². The number of nitrogens with zero attached hydrogens (tertiary/aromatic N) is 2. The summed E-state index contributed by atoms with van der Waals surface area (Å²) < 4.78 is 4.22. The summed E-state index contributed by atoms with van der Waals surface area (Å²) in [6.07, 6.45) is 10.7. The maximum absolute atomic E-state index is 6.60. The third-order valence-electron chi connectivity index (χ3n) is 4.86. The van der Waals surface area contributed by atoms with Crippen LogP contribution in [0.3, 0.4) is 0 Å². The van der Waals surface area contributed by atoms with E-state index in [1.165, 1.54) is 11.1 Å². The van der Waals surface area contributed by atoms with Gasteiger partial charge in [-0.2, -0.15) is 0 Å². The summed E-state index contributed by atoms with van der Waals surface area (Å²) in [5, 5.41) is 1.27. The molecule has 0 saturated heterocycles. The van der Waals surface area contributed by atoms with Crippen LogP contribution in [-0.2, 0) is 18.5 Å². The van der Waals surface area contributed by atoms with Gasteiger partial charge < -0.3 is 17.0 Å². The maximum atomic E-state index is 6.60. The van der Waals surface area contributed by atoms with Gasteiger partial charge >= 0.3 is 0 Å². The molecule has 0 amide bonds. The molecule has 2 nitrogen and oxygen atoms in total. The summed E-state index contributed by atoms with van der Waals surface area (Å²) in [6.45, 7) is 5.29. The molecule has 24 heavy (non-hydrogen) atoms. The first kappa shape index (κ1) is 19.6. The van der Waals surface area contributed by atoms with Crippen molar-refractivity contribution in [2.24, 2.45) is 0 Å². The van der Waals surface area contributed by atoms with Gasteiger partial charge in [0.25, 0.3) is 10.3 Å². The van der Waals surface area contributed by atoms with Crippen LogP contribution in [0.15, 0.2) is 36.7 Å². The highest BCUT2D eigenvalue weighted by Gasteiger charge is 2.39. The van der Waals surface area contributed by atoms with E-state index in [2.05, 4.69) is 65.7 Å². The van der Waals surface area contributed by atoms with Gasteiger partial charge in [-0.05, 0) is 53.2 Å². The molecule has 1 aliphatic carbocycles. The van der Waals surface area contributed by atoms with Crippen molar-refractivity contribution in [2.45, 2.75) is 51.6 Å². The van der Waals surface area contributed by atoms with E-state index in [9.17, 15) is 0 Å². The molecule has 3 rings (SSSR count). The molecule has 5 heteroatoms. The number of hydrogen-bond donors (Lipinski definition) is 0. The zero-order valence-electron chi connectivity index (χ0n) is 14.1. The lowest BCUT2D eigenvalue weighted by molar-refractivity contribution is -0.694. The highest BCUT2D eigenvalue weighted by molar-refractivity contribution is 6.39. The SMILES string of the molecule is CCCC[n+]1cn(C2(CC)C=Cc3ccccc3C2)c(Cl)c1Cl.[Br-]. The third-order valence-corrected chi connectivity index (χ3v) is 5.71. The Morgan fingerprint density at radius 2 is 1.96 bits per heavy atom. The minimum Gasteiger partial charge on any atom is -1.00 e. The number of fused-ring (bicyclic) bond motifs is 1. The zero-order valence-corrected chi connectivity index (χ0v) is 17.2. The fraction of sp³-hybridized carbons (Fsp3) is 0.421. The van der Waals surface area contributed by atoms with Gasteiger partial charge in [0.15, 0.2) is 0 Å². The summed E-state index contributed by atoms with van der Waals surface area (Å²) in [6, 6.07) is 8.55. The molecule has 0 bridgehead atoms. The molecule has 0 saturated carbocycles. The summed E-state index contributed by atoms with van der Waals surface area (Å²) in [5.74, 6) is 0. The highest BCUT2D eigenvalue weighted by atomic mass is 79.9. The van der Waals surface area contributed by atoms with Crippen LogP contribution >= 0.6 is 23.2 Å². The summed E-state index contributed by atoms with van der Waals surface area (Å²) in [5.41, 5.74) is 2.51. The van der Waals surface area contributed by atoms with Crippen LogP contribution < -0.4 is 21.5 Å². The molecule has 0 aliphatic heterocycles. The van der Waals surface area contributed by atoms with Crippen molar-refractivity contribution in [1.29, 1.82) is 0 Å².